The first-order valence-corrected chi connectivity index (χ1v) is 6.14. The Morgan fingerprint density at radius 1 is 1.35 bits per heavy atom. The Kier molecular flexibility index (Phi) is 4.13. The third-order valence-electron chi connectivity index (χ3n) is 2.47. The Morgan fingerprint density at radius 2 is 1.94 bits per heavy atom. The Bertz CT molecular complexity index is 469. The van der Waals surface area contributed by atoms with Crippen molar-refractivity contribution in [3.05, 3.63) is 32.9 Å². The van der Waals surface area contributed by atoms with E-state index in [0.29, 0.717) is 5.56 Å². The van der Waals surface area contributed by atoms with Gasteiger partial charge < -0.3 is 10.4 Å². The Morgan fingerprint density at radius 3 is 2.47 bits per heavy atom. The molecule has 0 aliphatic heterocycles. The number of hydrogen-bond donors (Lipinski definition) is 2. The van der Waals surface area contributed by atoms with E-state index in [0.717, 1.165) is 9.13 Å². The number of halogens is 1. The van der Waals surface area contributed by atoms with E-state index in [-0.39, 0.29) is 5.91 Å². The molecule has 0 unspecified atom stereocenters. The number of rotatable bonds is 3. The van der Waals surface area contributed by atoms with E-state index in [4.69, 9.17) is 5.11 Å². The predicted octanol–water partition coefficient (Wildman–Crippen LogP) is 2.19. The largest absolute Gasteiger partial charge is 0.480 e. The number of carboxylic acids is 1. The second-order valence-electron chi connectivity index (χ2n) is 4.30. The first kappa shape index (κ1) is 14.0. The van der Waals surface area contributed by atoms with Gasteiger partial charge in [0, 0.05) is 9.13 Å². The van der Waals surface area contributed by atoms with E-state index in [2.05, 4.69) is 27.9 Å². The van der Waals surface area contributed by atoms with Crippen molar-refractivity contribution < 1.29 is 14.7 Å². The van der Waals surface area contributed by atoms with Crippen molar-refractivity contribution in [1.82, 2.24) is 5.32 Å². The summed E-state index contributed by atoms with van der Waals surface area (Å²) in [6.07, 6.45) is 0. The zero-order valence-corrected chi connectivity index (χ0v) is 12.0. The van der Waals surface area contributed by atoms with Gasteiger partial charge in [-0.15, -0.1) is 0 Å². The molecular weight excluding hydrogens is 333 g/mol. The molecule has 1 aromatic rings. The molecule has 1 aromatic carbocycles. The molecule has 92 valence electrons. The first-order valence-electron chi connectivity index (χ1n) is 5.06. The molecule has 2 N–H and O–H groups in total. The fraction of sp³-hybridized carbons (Fsp3) is 0.333. The normalized spacial score (nSPS) is 11.1. The van der Waals surface area contributed by atoms with Gasteiger partial charge in [-0.25, -0.2) is 4.79 Å². The number of carbonyl (C=O) groups excluding carboxylic acids is 1. The van der Waals surface area contributed by atoms with Gasteiger partial charge in [0.15, 0.2) is 0 Å². The molecule has 0 aliphatic carbocycles. The number of amides is 1. The van der Waals surface area contributed by atoms with Crippen LogP contribution in [0.2, 0.25) is 0 Å². The van der Waals surface area contributed by atoms with Crippen molar-refractivity contribution in [2.45, 2.75) is 26.3 Å². The van der Waals surface area contributed by atoms with Crippen molar-refractivity contribution >= 4 is 34.5 Å². The van der Waals surface area contributed by atoms with E-state index < -0.39 is 11.5 Å². The molecule has 1 amide bonds. The molecule has 0 heterocycles. The average molecular weight is 347 g/mol. The highest BCUT2D eigenvalue weighted by atomic mass is 127. The van der Waals surface area contributed by atoms with E-state index >= 15 is 0 Å². The Hall–Kier alpha value is -1.11. The van der Waals surface area contributed by atoms with Gasteiger partial charge in [0.25, 0.3) is 5.91 Å². The molecule has 17 heavy (non-hydrogen) atoms. The lowest BCUT2D eigenvalue weighted by Crippen LogP contribution is -2.49. The highest BCUT2D eigenvalue weighted by Crippen LogP contribution is 2.16. The molecular formula is C12H14INO3. The maximum absolute atomic E-state index is 12.0. The summed E-state index contributed by atoms with van der Waals surface area (Å²) < 4.78 is 0.975. The van der Waals surface area contributed by atoms with Crippen LogP contribution < -0.4 is 5.32 Å². The van der Waals surface area contributed by atoms with E-state index in [1.165, 1.54) is 13.8 Å². The predicted molar refractivity (Wildman–Crippen MR) is 73.1 cm³/mol. The summed E-state index contributed by atoms with van der Waals surface area (Å²) in [6.45, 7) is 4.75. The minimum Gasteiger partial charge on any atom is -0.480 e. The summed E-state index contributed by atoms with van der Waals surface area (Å²) in [5.74, 6) is -1.43. The van der Waals surface area contributed by atoms with Gasteiger partial charge in [-0.2, -0.15) is 0 Å². The first-order chi connectivity index (χ1) is 7.75. The standard InChI is InChI=1S/C12H14INO3/c1-7-8(5-4-6-9(7)13)10(15)14-12(2,3)11(16)17/h4-6H,1-3H3,(H,14,15)(H,16,17). The molecule has 0 bridgehead atoms. The molecule has 0 fully saturated rings. The minimum atomic E-state index is -1.27. The highest BCUT2D eigenvalue weighted by Gasteiger charge is 2.29. The number of aliphatic carboxylic acids is 1. The maximum atomic E-state index is 12.0. The number of carboxylic acid groups (broad SMARTS) is 1. The summed E-state index contributed by atoms with van der Waals surface area (Å²) in [5, 5.41) is 11.4. The molecule has 0 saturated heterocycles. The van der Waals surface area contributed by atoms with Crippen LogP contribution in [0.1, 0.15) is 29.8 Å². The molecule has 0 aromatic heterocycles. The quantitative estimate of drug-likeness (QED) is 0.824. The minimum absolute atomic E-state index is 0.367. The lowest BCUT2D eigenvalue weighted by Gasteiger charge is -2.21. The van der Waals surface area contributed by atoms with Gasteiger partial charge in [-0.05, 0) is 61.1 Å². The zero-order valence-electron chi connectivity index (χ0n) is 9.87. The fourth-order valence-electron chi connectivity index (χ4n) is 1.26. The van der Waals surface area contributed by atoms with Gasteiger partial charge in [0.2, 0.25) is 0 Å². The van der Waals surface area contributed by atoms with Gasteiger partial charge in [0.05, 0.1) is 0 Å². The Labute approximate surface area is 114 Å². The molecule has 4 nitrogen and oxygen atoms in total. The van der Waals surface area contributed by atoms with Gasteiger partial charge in [0.1, 0.15) is 5.54 Å². The van der Waals surface area contributed by atoms with Crippen LogP contribution >= 0.6 is 22.6 Å². The second-order valence-corrected chi connectivity index (χ2v) is 5.46. The fourth-order valence-corrected chi connectivity index (χ4v) is 1.76. The Balaban J connectivity index is 2.99. The molecule has 0 spiro atoms. The summed E-state index contributed by atoms with van der Waals surface area (Å²) in [7, 11) is 0. The van der Waals surface area contributed by atoms with Gasteiger partial charge in [-0.3, -0.25) is 4.79 Å². The third kappa shape index (κ3) is 3.18. The summed E-state index contributed by atoms with van der Waals surface area (Å²) >= 11 is 2.14. The molecule has 0 saturated carbocycles. The zero-order chi connectivity index (χ0) is 13.2. The molecule has 1 rings (SSSR count). The number of nitrogens with one attached hydrogen (secondary N) is 1. The number of carbonyl (C=O) groups is 2. The van der Waals surface area contributed by atoms with E-state index in [1.54, 1.807) is 12.1 Å². The highest BCUT2D eigenvalue weighted by molar-refractivity contribution is 14.1. The SMILES string of the molecule is Cc1c(I)cccc1C(=O)NC(C)(C)C(=O)O. The van der Waals surface area contributed by atoms with Crippen LogP contribution in [0.4, 0.5) is 0 Å². The van der Waals surface area contributed by atoms with Crippen LogP contribution in [-0.4, -0.2) is 22.5 Å². The van der Waals surface area contributed by atoms with Crippen molar-refractivity contribution in [3.8, 4) is 0 Å². The van der Waals surface area contributed by atoms with Crippen LogP contribution in [0.3, 0.4) is 0 Å². The topological polar surface area (TPSA) is 66.4 Å². The van der Waals surface area contributed by atoms with Gasteiger partial charge in [-0.1, -0.05) is 6.07 Å². The summed E-state index contributed by atoms with van der Waals surface area (Å²) in [5.41, 5.74) is 0.0863. The lowest BCUT2D eigenvalue weighted by atomic mass is 10.0. The van der Waals surface area contributed by atoms with Crippen LogP contribution in [0, 0.1) is 10.5 Å². The lowest BCUT2D eigenvalue weighted by molar-refractivity contribution is -0.143. The van der Waals surface area contributed by atoms with Gasteiger partial charge >= 0.3 is 5.97 Å². The monoisotopic (exact) mass is 347 g/mol. The van der Waals surface area contributed by atoms with Crippen LogP contribution in [0.25, 0.3) is 0 Å². The second kappa shape index (κ2) is 5.03. The molecule has 0 aliphatic rings. The van der Waals surface area contributed by atoms with Crippen molar-refractivity contribution in [2.24, 2.45) is 0 Å². The molecule has 5 heteroatoms. The van der Waals surface area contributed by atoms with Crippen molar-refractivity contribution in [1.29, 1.82) is 0 Å². The maximum Gasteiger partial charge on any atom is 0.328 e. The van der Waals surface area contributed by atoms with Crippen molar-refractivity contribution in [2.75, 3.05) is 0 Å². The van der Waals surface area contributed by atoms with Crippen LogP contribution in [0.5, 0.6) is 0 Å². The summed E-state index contributed by atoms with van der Waals surface area (Å²) in [4.78, 5) is 22.9. The third-order valence-corrected chi connectivity index (χ3v) is 3.64. The van der Waals surface area contributed by atoms with E-state index in [1.807, 2.05) is 13.0 Å². The smallest absolute Gasteiger partial charge is 0.328 e. The van der Waals surface area contributed by atoms with Crippen LogP contribution in [0.15, 0.2) is 18.2 Å². The average Bonchev–Trinajstić information content (AvgIpc) is 2.21. The summed E-state index contributed by atoms with van der Waals surface area (Å²) in [6, 6.07) is 5.36. The number of hydrogen-bond acceptors (Lipinski definition) is 2. The van der Waals surface area contributed by atoms with Crippen LogP contribution in [-0.2, 0) is 4.79 Å². The molecule has 0 radical (unpaired) electrons. The van der Waals surface area contributed by atoms with E-state index in [9.17, 15) is 9.59 Å². The number of benzene rings is 1. The van der Waals surface area contributed by atoms with Crippen molar-refractivity contribution in [3.63, 3.8) is 0 Å². The molecule has 0 atom stereocenters.